The molecule has 1 rings (SSSR count). The number of nitrogens with zero attached hydrogens (tertiary/aromatic N) is 1. The topological polar surface area (TPSA) is 41.6 Å². The van der Waals surface area contributed by atoms with Gasteiger partial charge < -0.3 is 9.64 Å². The van der Waals surface area contributed by atoms with E-state index in [1.54, 1.807) is 0 Å². The van der Waals surface area contributed by atoms with Crippen molar-refractivity contribution in [3.05, 3.63) is 0 Å². The van der Waals surface area contributed by atoms with Crippen molar-refractivity contribution in [1.82, 2.24) is 10.2 Å². The summed E-state index contributed by atoms with van der Waals surface area (Å²) in [4.78, 5) is 14.8. The minimum Gasteiger partial charge on any atom is -0.465 e. The van der Waals surface area contributed by atoms with Gasteiger partial charge in [0.2, 0.25) is 0 Å². The average molecular weight is 298 g/mol. The van der Waals surface area contributed by atoms with E-state index in [2.05, 4.69) is 31.0 Å². The van der Waals surface area contributed by atoms with Crippen LogP contribution in [0.5, 0.6) is 0 Å². The molecule has 0 bridgehead atoms. The van der Waals surface area contributed by atoms with Gasteiger partial charge >= 0.3 is 5.97 Å². The molecular formula is C17H34N2O2. The number of ether oxygens (including phenoxy) is 1. The molecule has 0 aliphatic carbocycles. The molecule has 1 heterocycles. The highest BCUT2D eigenvalue weighted by molar-refractivity contribution is 5.80. The standard InChI is InChI=1S/C17H34N2O2/c1-6-15-9-8-11-19(12-10-15)13-17(5,18-14(3)4)16(20)21-7-2/h14-15,18H,6-13H2,1-5H3. The maximum atomic E-state index is 12.4. The SMILES string of the molecule is CCOC(=O)C(C)(CN1CCCC(CC)CC1)NC(C)C. The van der Waals surface area contributed by atoms with Crippen LogP contribution < -0.4 is 5.32 Å². The van der Waals surface area contributed by atoms with Crippen LogP contribution in [0.4, 0.5) is 0 Å². The Morgan fingerprint density at radius 2 is 2.05 bits per heavy atom. The largest absolute Gasteiger partial charge is 0.465 e. The van der Waals surface area contributed by atoms with Gasteiger partial charge in [0.25, 0.3) is 0 Å². The normalized spacial score (nSPS) is 23.6. The quantitative estimate of drug-likeness (QED) is 0.734. The Kier molecular flexibility index (Phi) is 7.67. The van der Waals surface area contributed by atoms with Crippen molar-refractivity contribution in [1.29, 1.82) is 0 Å². The lowest BCUT2D eigenvalue weighted by Gasteiger charge is -2.35. The maximum absolute atomic E-state index is 12.4. The highest BCUT2D eigenvalue weighted by atomic mass is 16.5. The lowest BCUT2D eigenvalue weighted by atomic mass is 9.98. The summed E-state index contributed by atoms with van der Waals surface area (Å²) in [7, 11) is 0. The zero-order valence-electron chi connectivity index (χ0n) is 14.6. The minimum absolute atomic E-state index is 0.130. The summed E-state index contributed by atoms with van der Waals surface area (Å²) < 4.78 is 5.29. The van der Waals surface area contributed by atoms with Gasteiger partial charge in [-0.3, -0.25) is 10.1 Å². The fourth-order valence-electron chi connectivity index (χ4n) is 3.34. The number of carbonyl (C=O) groups excluding carboxylic acids is 1. The maximum Gasteiger partial charge on any atom is 0.327 e. The lowest BCUT2D eigenvalue weighted by molar-refractivity contribution is -0.151. The zero-order valence-corrected chi connectivity index (χ0v) is 14.6. The molecule has 0 aromatic rings. The van der Waals surface area contributed by atoms with Crippen LogP contribution in [0, 0.1) is 5.92 Å². The number of hydrogen-bond acceptors (Lipinski definition) is 4. The van der Waals surface area contributed by atoms with Crippen molar-refractivity contribution < 1.29 is 9.53 Å². The van der Waals surface area contributed by atoms with E-state index in [-0.39, 0.29) is 12.0 Å². The highest BCUT2D eigenvalue weighted by Gasteiger charge is 2.37. The van der Waals surface area contributed by atoms with Crippen LogP contribution in [-0.4, -0.2) is 48.7 Å². The summed E-state index contributed by atoms with van der Waals surface area (Å²) in [5.41, 5.74) is -0.615. The first kappa shape index (κ1) is 18.4. The zero-order chi connectivity index (χ0) is 15.9. The van der Waals surface area contributed by atoms with Gasteiger partial charge in [-0.15, -0.1) is 0 Å². The van der Waals surface area contributed by atoms with Crippen molar-refractivity contribution in [2.75, 3.05) is 26.2 Å². The number of hydrogen-bond donors (Lipinski definition) is 1. The molecule has 0 spiro atoms. The third kappa shape index (κ3) is 5.95. The molecule has 2 unspecified atom stereocenters. The molecule has 1 saturated heterocycles. The van der Waals surface area contributed by atoms with Gasteiger partial charge in [-0.1, -0.05) is 13.3 Å². The highest BCUT2D eigenvalue weighted by Crippen LogP contribution is 2.22. The van der Waals surface area contributed by atoms with Crippen LogP contribution >= 0.6 is 0 Å². The van der Waals surface area contributed by atoms with Crippen LogP contribution in [0.15, 0.2) is 0 Å². The Morgan fingerprint density at radius 1 is 1.33 bits per heavy atom. The molecule has 1 aliphatic heterocycles. The Bertz CT molecular complexity index is 320. The molecule has 0 amide bonds. The van der Waals surface area contributed by atoms with Crippen molar-refractivity contribution in [3.63, 3.8) is 0 Å². The lowest BCUT2D eigenvalue weighted by Crippen LogP contribution is -2.59. The van der Waals surface area contributed by atoms with E-state index in [9.17, 15) is 4.79 Å². The number of rotatable bonds is 7. The Labute approximate surface area is 130 Å². The molecule has 1 aliphatic rings. The van der Waals surface area contributed by atoms with Gasteiger partial charge in [0.05, 0.1) is 6.61 Å². The summed E-state index contributed by atoms with van der Waals surface area (Å²) >= 11 is 0. The van der Waals surface area contributed by atoms with E-state index in [1.165, 1.54) is 25.7 Å². The number of carbonyl (C=O) groups is 1. The van der Waals surface area contributed by atoms with Crippen LogP contribution in [0.3, 0.4) is 0 Å². The van der Waals surface area contributed by atoms with Gasteiger partial charge in [0.1, 0.15) is 5.54 Å². The first-order chi connectivity index (χ1) is 9.91. The van der Waals surface area contributed by atoms with Crippen molar-refractivity contribution in [3.8, 4) is 0 Å². The molecule has 0 radical (unpaired) electrons. The summed E-state index contributed by atoms with van der Waals surface area (Å²) in [6.45, 7) is 13.6. The van der Waals surface area contributed by atoms with Crippen LogP contribution in [-0.2, 0) is 9.53 Å². The summed E-state index contributed by atoms with van der Waals surface area (Å²) in [5.74, 6) is 0.719. The molecule has 4 heteroatoms. The fourth-order valence-corrected chi connectivity index (χ4v) is 3.34. The van der Waals surface area contributed by atoms with Gasteiger partial charge in [0, 0.05) is 12.6 Å². The molecule has 124 valence electrons. The second-order valence-electron chi connectivity index (χ2n) is 6.83. The smallest absolute Gasteiger partial charge is 0.327 e. The fraction of sp³-hybridized carbons (Fsp3) is 0.941. The Balaban J connectivity index is 2.69. The van der Waals surface area contributed by atoms with Gasteiger partial charge in [-0.25, -0.2) is 0 Å². The molecule has 2 atom stereocenters. The number of esters is 1. The van der Waals surface area contributed by atoms with E-state index in [0.717, 1.165) is 25.6 Å². The molecule has 1 N–H and O–H groups in total. The van der Waals surface area contributed by atoms with E-state index in [0.29, 0.717) is 6.61 Å². The van der Waals surface area contributed by atoms with Gasteiger partial charge in [-0.05, 0) is 66.0 Å². The van der Waals surface area contributed by atoms with Crippen LogP contribution in [0.25, 0.3) is 0 Å². The summed E-state index contributed by atoms with van der Waals surface area (Å²) in [5, 5.41) is 3.42. The summed E-state index contributed by atoms with van der Waals surface area (Å²) in [6, 6.07) is 0.259. The van der Waals surface area contributed by atoms with E-state index in [1.807, 2.05) is 13.8 Å². The van der Waals surface area contributed by atoms with Gasteiger partial charge in [0.15, 0.2) is 0 Å². The van der Waals surface area contributed by atoms with Crippen molar-refractivity contribution in [2.24, 2.45) is 5.92 Å². The van der Waals surface area contributed by atoms with Crippen molar-refractivity contribution >= 4 is 5.97 Å². The first-order valence-electron chi connectivity index (χ1n) is 8.58. The second kappa shape index (κ2) is 8.74. The number of likely N-dealkylation sites (tertiary alicyclic amines) is 1. The molecule has 1 fully saturated rings. The third-order valence-electron chi connectivity index (χ3n) is 4.39. The van der Waals surface area contributed by atoms with Crippen molar-refractivity contribution in [2.45, 2.75) is 71.9 Å². The van der Waals surface area contributed by atoms with Crippen LogP contribution in [0.2, 0.25) is 0 Å². The predicted octanol–water partition coefficient (Wildman–Crippen LogP) is 2.82. The minimum atomic E-state index is -0.615. The molecule has 21 heavy (non-hydrogen) atoms. The van der Waals surface area contributed by atoms with Gasteiger partial charge in [-0.2, -0.15) is 0 Å². The van der Waals surface area contributed by atoms with E-state index in [4.69, 9.17) is 4.74 Å². The molecule has 0 aromatic carbocycles. The van der Waals surface area contributed by atoms with E-state index < -0.39 is 5.54 Å². The third-order valence-corrected chi connectivity index (χ3v) is 4.39. The first-order valence-corrected chi connectivity index (χ1v) is 8.58. The predicted molar refractivity (Wildman–Crippen MR) is 87.4 cm³/mol. The van der Waals surface area contributed by atoms with Crippen LogP contribution in [0.1, 0.15) is 60.3 Å². The monoisotopic (exact) mass is 298 g/mol. The molecule has 0 saturated carbocycles. The summed E-state index contributed by atoms with van der Waals surface area (Å²) in [6.07, 6.45) is 5.07. The number of nitrogens with one attached hydrogen (secondary N) is 1. The second-order valence-corrected chi connectivity index (χ2v) is 6.83. The Hall–Kier alpha value is -0.610. The molecule has 0 aromatic heterocycles. The van der Waals surface area contributed by atoms with E-state index >= 15 is 0 Å². The molecule has 4 nitrogen and oxygen atoms in total. The Morgan fingerprint density at radius 3 is 2.62 bits per heavy atom. The molecular weight excluding hydrogens is 264 g/mol. The average Bonchev–Trinajstić information content (AvgIpc) is 2.63.